The molecule has 0 spiro atoms. The third-order valence-corrected chi connectivity index (χ3v) is 7.51. The molecule has 0 unspecified atom stereocenters. The number of hydrogen-bond donors (Lipinski definition) is 0. The van der Waals surface area contributed by atoms with Gasteiger partial charge in [0.2, 0.25) is 0 Å². The number of para-hydroxylation sites is 1. The third kappa shape index (κ3) is 2.89. The van der Waals surface area contributed by atoms with Gasteiger partial charge in [-0.25, -0.2) is 4.98 Å². The number of hydrogen-bond acceptors (Lipinski definition) is 3. The smallest absolute Gasteiger partial charge is 0.145 e. The summed E-state index contributed by atoms with van der Waals surface area (Å²) in [5, 5.41) is 2.48. The zero-order valence-electron chi connectivity index (χ0n) is 18.2. The van der Waals surface area contributed by atoms with Gasteiger partial charge in [0, 0.05) is 49.4 Å². The Bertz CT molecular complexity index is 1780. The molecule has 0 bridgehead atoms. The van der Waals surface area contributed by atoms with Gasteiger partial charge < -0.3 is 0 Å². The zero-order valence-corrected chi connectivity index (χ0v) is 19.0. The van der Waals surface area contributed by atoms with Gasteiger partial charge >= 0.3 is 0 Å². The Morgan fingerprint density at radius 2 is 1.38 bits per heavy atom. The maximum absolute atomic E-state index is 5.29. The quantitative estimate of drug-likeness (QED) is 0.270. The monoisotopic (exact) mass is 453 g/mol. The summed E-state index contributed by atoms with van der Waals surface area (Å²) in [6, 6.07) is 36.2. The Morgan fingerprint density at radius 3 is 2.18 bits per heavy atom. The number of imidazole rings is 1. The molecule has 34 heavy (non-hydrogen) atoms. The van der Waals surface area contributed by atoms with Crippen LogP contribution in [-0.4, -0.2) is 14.5 Å². The summed E-state index contributed by atoms with van der Waals surface area (Å²) < 4.78 is 4.84. The molecule has 0 aliphatic carbocycles. The van der Waals surface area contributed by atoms with Gasteiger partial charge in [0.25, 0.3) is 0 Å². The van der Waals surface area contributed by atoms with Gasteiger partial charge in [0.15, 0.2) is 0 Å². The summed E-state index contributed by atoms with van der Waals surface area (Å²) in [5.74, 6) is 0.922. The topological polar surface area (TPSA) is 30.7 Å². The first-order valence-corrected chi connectivity index (χ1v) is 12.1. The first kappa shape index (κ1) is 19.2. The van der Waals surface area contributed by atoms with Crippen molar-refractivity contribution in [2.45, 2.75) is 0 Å². The SMILES string of the molecule is c1ccc(-c2cc3c(nc(-c4ccncc4)n3-c3ccccc3)c3c2sc2ccccc23)cc1. The van der Waals surface area contributed by atoms with Crippen LogP contribution in [0.25, 0.3) is 59.4 Å². The summed E-state index contributed by atoms with van der Waals surface area (Å²) in [4.78, 5) is 9.51. The number of fused-ring (bicyclic) bond motifs is 5. The Morgan fingerprint density at radius 1 is 0.676 bits per heavy atom. The highest BCUT2D eigenvalue weighted by molar-refractivity contribution is 7.26. The van der Waals surface area contributed by atoms with E-state index < -0.39 is 0 Å². The molecule has 0 amide bonds. The van der Waals surface area contributed by atoms with Crippen LogP contribution in [0.3, 0.4) is 0 Å². The van der Waals surface area contributed by atoms with Gasteiger partial charge in [-0.05, 0) is 42.0 Å². The van der Waals surface area contributed by atoms with Crippen molar-refractivity contribution in [1.29, 1.82) is 0 Å². The molecule has 7 rings (SSSR count). The predicted molar refractivity (Wildman–Crippen MR) is 143 cm³/mol. The van der Waals surface area contributed by atoms with E-state index in [0.29, 0.717) is 0 Å². The summed E-state index contributed by atoms with van der Waals surface area (Å²) in [7, 11) is 0. The second kappa shape index (κ2) is 7.65. The Balaban J connectivity index is 1.71. The van der Waals surface area contributed by atoms with E-state index in [9.17, 15) is 0 Å². The van der Waals surface area contributed by atoms with Gasteiger partial charge in [0.1, 0.15) is 5.82 Å². The number of thiophene rings is 1. The van der Waals surface area contributed by atoms with E-state index in [1.807, 2.05) is 35.9 Å². The van der Waals surface area contributed by atoms with Crippen LogP contribution < -0.4 is 0 Å². The minimum atomic E-state index is 0.922. The summed E-state index contributed by atoms with van der Waals surface area (Å²) in [5.41, 5.74) is 6.73. The average Bonchev–Trinajstić information content (AvgIpc) is 3.48. The van der Waals surface area contributed by atoms with Gasteiger partial charge in [-0.15, -0.1) is 11.3 Å². The molecule has 160 valence electrons. The molecular weight excluding hydrogens is 434 g/mol. The summed E-state index contributed by atoms with van der Waals surface area (Å²) in [6.07, 6.45) is 3.66. The Hall–Kier alpha value is -4.28. The Kier molecular flexibility index (Phi) is 4.32. The lowest BCUT2D eigenvalue weighted by Gasteiger charge is -2.11. The molecule has 4 heteroatoms. The van der Waals surface area contributed by atoms with E-state index in [-0.39, 0.29) is 0 Å². The standard InChI is InChI=1S/C30H19N3S/c1-3-9-20(10-4-1)24-19-25-28(27-23-13-7-8-14-26(23)34-29(24)27)32-30(21-15-17-31-18-16-21)33(25)22-11-5-2-6-12-22/h1-19H. The van der Waals surface area contributed by atoms with Crippen LogP contribution in [0, 0.1) is 0 Å². The maximum Gasteiger partial charge on any atom is 0.145 e. The molecule has 0 aliphatic rings. The highest BCUT2D eigenvalue weighted by atomic mass is 32.1. The molecule has 3 aromatic heterocycles. The Labute approximate surface area is 200 Å². The fourth-order valence-electron chi connectivity index (χ4n) is 4.79. The van der Waals surface area contributed by atoms with Crippen molar-refractivity contribution in [3.8, 4) is 28.2 Å². The molecule has 0 fully saturated rings. The number of rotatable bonds is 3. The van der Waals surface area contributed by atoms with Crippen LogP contribution in [0.2, 0.25) is 0 Å². The summed E-state index contributed by atoms with van der Waals surface area (Å²) >= 11 is 1.85. The van der Waals surface area contributed by atoms with Crippen LogP contribution in [0.4, 0.5) is 0 Å². The number of pyridine rings is 1. The molecule has 0 N–H and O–H groups in total. The zero-order chi connectivity index (χ0) is 22.5. The van der Waals surface area contributed by atoms with Gasteiger partial charge in [-0.1, -0.05) is 66.7 Å². The molecule has 3 heterocycles. The van der Waals surface area contributed by atoms with E-state index in [1.54, 1.807) is 0 Å². The van der Waals surface area contributed by atoms with Gasteiger partial charge in [-0.2, -0.15) is 0 Å². The number of aromatic nitrogens is 3. The van der Waals surface area contributed by atoms with Crippen molar-refractivity contribution in [2.75, 3.05) is 0 Å². The third-order valence-electron chi connectivity index (χ3n) is 6.31. The van der Waals surface area contributed by atoms with Crippen molar-refractivity contribution >= 4 is 42.5 Å². The van der Waals surface area contributed by atoms with Crippen molar-refractivity contribution in [1.82, 2.24) is 14.5 Å². The highest BCUT2D eigenvalue weighted by Crippen LogP contribution is 2.45. The van der Waals surface area contributed by atoms with Crippen LogP contribution in [0.5, 0.6) is 0 Å². The van der Waals surface area contributed by atoms with Crippen molar-refractivity contribution < 1.29 is 0 Å². The lowest BCUT2D eigenvalue weighted by Crippen LogP contribution is -1.97. The average molecular weight is 454 g/mol. The molecule has 0 aliphatic heterocycles. The van der Waals surface area contributed by atoms with E-state index in [2.05, 4.69) is 101 Å². The van der Waals surface area contributed by atoms with Crippen molar-refractivity contribution in [3.63, 3.8) is 0 Å². The molecule has 0 saturated carbocycles. The number of nitrogens with zero attached hydrogens (tertiary/aromatic N) is 3. The molecule has 0 atom stereocenters. The largest absolute Gasteiger partial charge is 0.292 e. The second-order valence-electron chi connectivity index (χ2n) is 8.30. The van der Waals surface area contributed by atoms with Crippen LogP contribution >= 0.6 is 11.3 Å². The molecule has 3 nitrogen and oxygen atoms in total. The first-order valence-electron chi connectivity index (χ1n) is 11.3. The highest BCUT2D eigenvalue weighted by Gasteiger charge is 2.21. The van der Waals surface area contributed by atoms with Crippen molar-refractivity contribution in [3.05, 3.63) is 116 Å². The molecule has 7 aromatic rings. The predicted octanol–water partition coefficient (Wildman–Crippen LogP) is 8.12. The molecular formula is C30H19N3S. The van der Waals surface area contributed by atoms with Crippen LogP contribution in [0.15, 0.2) is 116 Å². The second-order valence-corrected chi connectivity index (χ2v) is 9.35. The minimum Gasteiger partial charge on any atom is -0.292 e. The fourth-order valence-corrected chi connectivity index (χ4v) is 6.03. The normalized spacial score (nSPS) is 11.5. The van der Waals surface area contributed by atoms with Crippen LogP contribution in [-0.2, 0) is 0 Å². The number of benzene rings is 4. The van der Waals surface area contributed by atoms with Gasteiger partial charge in [0.05, 0.1) is 11.0 Å². The van der Waals surface area contributed by atoms with Gasteiger partial charge in [-0.3, -0.25) is 9.55 Å². The minimum absolute atomic E-state index is 0.922. The lowest BCUT2D eigenvalue weighted by atomic mass is 10.0. The lowest BCUT2D eigenvalue weighted by molar-refractivity contribution is 1.10. The van der Waals surface area contributed by atoms with Crippen LogP contribution in [0.1, 0.15) is 0 Å². The van der Waals surface area contributed by atoms with E-state index in [0.717, 1.165) is 28.1 Å². The molecule has 0 radical (unpaired) electrons. The maximum atomic E-state index is 5.29. The molecule has 4 aromatic carbocycles. The summed E-state index contributed by atoms with van der Waals surface area (Å²) in [6.45, 7) is 0. The fraction of sp³-hybridized carbons (Fsp3) is 0. The van der Waals surface area contributed by atoms with Crippen molar-refractivity contribution in [2.24, 2.45) is 0 Å². The molecule has 0 saturated heterocycles. The van der Waals surface area contributed by atoms with E-state index >= 15 is 0 Å². The first-order chi connectivity index (χ1) is 16.9. The van der Waals surface area contributed by atoms with E-state index in [1.165, 1.54) is 31.3 Å². The van der Waals surface area contributed by atoms with E-state index in [4.69, 9.17) is 4.98 Å².